The predicted octanol–water partition coefficient (Wildman–Crippen LogP) is 10.1. The lowest BCUT2D eigenvalue weighted by atomic mass is 10.1. The van der Waals surface area contributed by atoms with Gasteiger partial charge in [-0.15, -0.1) is 0 Å². The van der Waals surface area contributed by atoms with Crippen molar-refractivity contribution in [1.82, 2.24) is 35.4 Å². The number of carbonyl (C=O) groups excluding carboxylic acids is 6. The summed E-state index contributed by atoms with van der Waals surface area (Å²) >= 11 is 3.88. The highest BCUT2D eigenvalue weighted by molar-refractivity contribution is 7.19. The summed E-state index contributed by atoms with van der Waals surface area (Å²) in [6.07, 6.45) is 0.243. The molecule has 0 radical (unpaired) electrons. The predicted molar refractivity (Wildman–Crippen MR) is 309 cm³/mol. The minimum absolute atomic E-state index is 0. The monoisotopic (exact) mass is 1140 g/mol. The van der Waals surface area contributed by atoms with E-state index >= 15 is 0 Å². The molecule has 0 unspecified atom stereocenters. The van der Waals surface area contributed by atoms with E-state index in [1.807, 2.05) is 66.4 Å². The normalized spacial score (nSPS) is 12.4. The third-order valence-electron chi connectivity index (χ3n) is 11.5. The van der Waals surface area contributed by atoms with Crippen molar-refractivity contribution in [2.75, 3.05) is 55.3 Å². The van der Waals surface area contributed by atoms with Crippen LogP contribution in [0.3, 0.4) is 0 Å². The average molecular weight is 1140 g/mol. The number of amides is 6. The molecule has 6 amide bonds. The summed E-state index contributed by atoms with van der Waals surface area (Å²) < 4.78 is 17.1. The van der Waals surface area contributed by atoms with Gasteiger partial charge in [0.1, 0.15) is 17.3 Å². The largest absolute Gasteiger partial charge is 0.450 e. The number of aliphatic hydroxyl groups is 1. The number of nitriles is 1. The Morgan fingerprint density at radius 2 is 1.05 bits per heavy atom. The van der Waals surface area contributed by atoms with Gasteiger partial charge in [0, 0.05) is 65.7 Å². The molecule has 1 aliphatic rings. The van der Waals surface area contributed by atoms with Gasteiger partial charge in [0.25, 0.3) is 17.7 Å². The third kappa shape index (κ3) is 16.2. The molecule has 6 aromatic heterocycles. The lowest BCUT2D eigenvalue weighted by Gasteiger charge is -2.34. The number of hydrogen-bond donors (Lipinski definition) is 6. The number of thiazole rings is 3. The molecular formula is C55H65N11O10S3. The van der Waals surface area contributed by atoms with Crippen molar-refractivity contribution in [2.45, 2.75) is 60.5 Å². The molecule has 0 saturated carbocycles. The van der Waals surface area contributed by atoms with Crippen LogP contribution in [0.5, 0.6) is 0 Å². The summed E-state index contributed by atoms with van der Waals surface area (Å²) in [7, 11) is 0. The van der Waals surface area contributed by atoms with Crippen molar-refractivity contribution in [3.05, 3.63) is 143 Å². The number of aryl methyl sites for hydroxylation is 3. The van der Waals surface area contributed by atoms with Crippen molar-refractivity contribution < 1.29 is 52.8 Å². The Morgan fingerprint density at radius 1 is 0.620 bits per heavy atom. The molecule has 1 fully saturated rings. The van der Waals surface area contributed by atoms with Crippen LogP contribution in [-0.4, -0.2) is 105 Å². The minimum atomic E-state index is -0.524. The number of piperazine rings is 1. The Morgan fingerprint density at radius 3 is 1.49 bits per heavy atom. The van der Waals surface area contributed by atoms with E-state index in [4.69, 9.17) is 18.5 Å². The van der Waals surface area contributed by atoms with E-state index in [-0.39, 0.29) is 66.3 Å². The fourth-order valence-electron chi connectivity index (χ4n) is 7.80. The van der Waals surface area contributed by atoms with Crippen LogP contribution in [0.15, 0.2) is 110 Å². The van der Waals surface area contributed by atoms with Crippen LogP contribution >= 0.6 is 34.0 Å². The molecular weight excluding hydrogens is 1070 g/mol. The molecule has 0 aliphatic carbocycles. The SMILES string of the molecule is CC(=O)Nc1nc(C)c(-c2ccc(C(=O)N3CCN(Cc4ccccc4)CC3)o2)s1.CC(=O)Nc1nc(C)c(-c2ccc(C(=O)NCCC#N)o2)s1.CC(=O)Nc1nc(C)c(-c2ccc(C(=O)N[C@@H](CO)c3ccccc3)o2)s1.[HH].[HH].[HH].[HH]. The van der Waals surface area contributed by atoms with Crippen LogP contribution < -0.4 is 26.6 Å². The topological polar surface area (TPSA) is 291 Å². The molecule has 1 aliphatic heterocycles. The van der Waals surface area contributed by atoms with Gasteiger partial charge in [-0.05, 0) is 68.3 Å². The van der Waals surface area contributed by atoms with Crippen LogP contribution in [0.1, 0.15) is 98.8 Å². The molecule has 1 saturated heterocycles. The van der Waals surface area contributed by atoms with Crippen molar-refractivity contribution in [3.63, 3.8) is 0 Å². The maximum absolute atomic E-state index is 12.9. The first-order valence-corrected chi connectivity index (χ1v) is 27.2. The molecule has 6 N–H and O–H groups in total. The zero-order valence-corrected chi connectivity index (χ0v) is 46.5. The first kappa shape index (κ1) is 58.1. The van der Waals surface area contributed by atoms with Crippen molar-refractivity contribution in [1.29, 1.82) is 5.26 Å². The maximum Gasteiger partial charge on any atom is 0.289 e. The molecule has 7 heterocycles. The molecule has 0 bridgehead atoms. The van der Waals surface area contributed by atoms with Gasteiger partial charge in [-0.25, -0.2) is 15.0 Å². The summed E-state index contributed by atoms with van der Waals surface area (Å²) in [5.41, 5.74) is 4.25. The van der Waals surface area contributed by atoms with Crippen LogP contribution in [0.2, 0.25) is 0 Å². The standard InChI is InChI=1S/C22H24N4O3S.C19H19N3O4S.C14H14N4O3S.4H2/c1-15-20(30-22(23-15)24-16(2)27)18-8-9-19(29-18)21(28)26-12-10-25(11-13-26)14-17-6-4-3-5-7-17;1-11-17(27-19(20-11)21-12(2)24)15-8-9-16(26-15)18(25)22-14(10-23)13-6-4-3-5-7-13;1-8-12(22-14(17-8)18-9(2)19)10-4-5-11(21-10)13(20)16-7-3-6-15;;;;/h3-9H,10-14H2,1-2H3,(H,23,24,27);3-9,14,23H,10H2,1-2H3,(H,22,25)(H,20,21,24);4-5H,3,7H2,1-2H3,(H,16,20)(H,17,18,19);4*1H/t;14-;;;;;/m.0...../s1. The first-order valence-electron chi connectivity index (χ1n) is 24.7. The Balaban J connectivity index is 0.000000322. The minimum Gasteiger partial charge on any atom is -0.450 e. The number of benzene rings is 2. The lowest BCUT2D eigenvalue weighted by Crippen LogP contribution is -2.48. The number of aromatic nitrogens is 3. The highest BCUT2D eigenvalue weighted by atomic mass is 32.1. The Kier molecular flexibility index (Phi) is 20.3. The number of furan rings is 3. The van der Waals surface area contributed by atoms with E-state index in [1.54, 1.807) is 50.2 Å². The van der Waals surface area contributed by atoms with E-state index in [2.05, 4.69) is 58.6 Å². The highest BCUT2D eigenvalue weighted by Crippen LogP contribution is 2.36. The highest BCUT2D eigenvalue weighted by Gasteiger charge is 2.26. The van der Waals surface area contributed by atoms with Crippen molar-refractivity contribution >= 4 is 84.8 Å². The van der Waals surface area contributed by atoms with Crippen molar-refractivity contribution in [3.8, 4) is 38.0 Å². The Bertz CT molecular complexity index is 3460. The van der Waals surface area contributed by atoms with E-state index in [1.165, 1.54) is 60.3 Å². The van der Waals surface area contributed by atoms with Crippen LogP contribution in [0.25, 0.3) is 31.9 Å². The van der Waals surface area contributed by atoms with Gasteiger partial charge >= 0.3 is 0 Å². The van der Waals surface area contributed by atoms with Crippen LogP contribution in [-0.2, 0) is 20.9 Å². The molecule has 0 spiro atoms. The number of nitrogens with one attached hydrogen (secondary N) is 5. The molecule has 8 aromatic rings. The molecule has 24 heteroatoms. The second kappa shape index (κ2) is 27.6. The van der Waals surface area contributed by atoms with E-state index < -0.39 is 11.9 Å². The molecule has 2 aromatic carbocycles. The summed E-state index contributed by atoms with van der Waals surface area (Å²) in [5, 5.41) is 32.8. The van der Waals surface area contributed by atoms with Gasteiger partial charge in [0.2, 0.25) is 17.7 Å². The quantitative estimate of drug-likeness (QED) is 0.0491. The summed E-state index contributed by atoms with van der Waals surface area (Å²) in [6.45, 7) is 13.7. The van der Waals surface area contributed by atoms with Crippen LogP contribution in [0.4, 0.5) is 15.4 Å². The van der Waals surface area contributed by atoms with Gasteiger partial charge in [-0.3, -0.25) is 33.7 Å². The number of aliphatic hydroxyl groups excluding tert-OH is 1. The second-order valence-electron chi connectivity index (χ2n) is 17.7. The van der Waals surface area contributed by atoms with E-state index in [0.717, 1.165) is 45.5 Å². The van der Waals surface area contributed by atoms with Crippen molar-refractivity contribution in [2.24, 2.45) is 0 Å². The number of rotatable bonds is 16. The molecule has 21 nitrogen and oxygen atoms in total. The zero-order valence-electron chi connectivity index (χ0n) is 44.0. The summed E-state index contributed by atoms with van der Waals surface area (Å²) in [6, 6.07) is 31.0. The van der Waals surface area contributed by atoms with Gasteiger partial charge in [0.15, 0.2) is 32.7 Å². The number of hydrogen-bond acceptors (Lipinski definition) is 18. The van der Waals surface area contributed by atoms with Crippen LogP contribution in [0, 0.1) is 32.1 Å². The zero-order chi connectivity index (χ0) is 56.6. The number of nitrogens with zero attached hydrogens (tertiary/aromatic N) is 6. The van der Waals surface area contributed by atoms with Gasteiger partial charge in [0.05, 0.1) is 56.9 Å². The molecule has 418 valence electrons. The average Bonchev–Trinajstić information content (AvgIpc) is 4.36. The first-order chi connectivity index (χ1) is 38.0. The Labute approximate surface area is 472 Å². The van der Waals surface area contributed by atoms with Gasteiger partial charge in [-0.2, -0.15) is 5.26 Å². The lowest BCUT2D eigenvalue weighted by molar-refractivity contribution is -0.115. The maximum atomic E-state index is 12.9. The molecule has 9 rings (SSSR count). The fourth-order valence-corrected chi connectivity index (χ4v) is 10.7. The third-order valence-corrected chi connectivity index (χ3v) is 14.8. The van der Waals surface area contributed by atoms with E-state index in [9.17, 15) is 33.9 Å². The van der Waals surface area contributed by atoms with E-state index in [0.29, 0.717) is 62.9 Å². The second-order valence-corrected chi connectivity index (χ2v) is 20.7. The fraction of sp³-hybridized carbons (Fsp3) is 0.273. The van der Waals surface area contributed by atoms with Gasteiger partial charge in [-0.1, -0.05) is 94.7 Å². The molecule has 1 atom stereocenters. The summed E-state index contributed by atoms with van der Waals surface area (Å²) in [4.78, 5) is 90.0. The number of carbonyl (C=O) groups is 6. The smallest absolute Gasteiger partial charge is 0.289 e. The van der Waals surface area contributed by atoms with Gasteiger partial charge < -0.3 is 49.8 Å². The molecule has 79 heavy (non-hydrogen) atoms. The number of anilines is 3. The summed E-state index contributed by atoms with van der Waals surface area (Å²) in [5.74, 6) is 0.770. The Hall–Kier alpha value is -8.60.